The number of fused-ring (bicyclic) bond motifs is 1. The molecule has 2 aromatic heterocycles. The molecule has 0 spiro atoms. The smallest absolute Gasteiger partial charge is 0.317 e. The van der Waals surface area contributed by atoms with E-state index in [4.69, 9.17) is 0 Å². The van der Waals surface area contributed by atoms with Crippen LogP contribution in [0.15, 0.2) is 18.5 Å². The lowest BCUT2D eigenvalue weighted by molar-refractivity contribution is 0.203. The van der Waals surface area contributed by atoms with Crippen molar-refractivity contribution in [3.63, 3.8) is 0 Å². The predicted molar refractivity (Wildman–Crippen MR) is 103 cm³/mol. The Kier molecular flexibility index (Phi) is 4.49. The quantitative estimate of drug-likeness (QED) is 0.892. The van der Waals surface area contributed by atoms with Crippen LogP contribution in [0.3, 0.4) is 0 Å². The number of nitrogens with one attached hydrogen (secondary N) is 1. The van der Waals surface area contributed by atoms with Crippen LogP contribution in [0.1, 0.15) is 25.2 Å². The number of carbonyl (C=O) groups excluding carboxylic acids is 1. The molecule has 2 atom stereocenters. The van der Waals surface area contributed by atoms with Gasteiger partial charge in [0.15, 0.2) is 5.82 Å². The number of rotatable bonds is 3. The average molecular weight is 369 g/mol. The standard InChI is InChI=1S/C19H27N7O/c1-12(2)22-19(27)25-9-15-7-24(8-16(15)10-25)17-6-18(21-11-20-17)26-14(4)5-13(3)23-26/h5-6,11-12,15-16H,7-10H2,1-4H3,(H,22,27). The number of urea groups is 1. The van der Waals surface area contributed by atoms with E-state index in [0.717, 1.165) is 49.2 Å². The molecule has 0 saturated carbocycles. The van der Waals surface area contributed by atoms with Gasteiger partial charge in [0, 0.05) is 55.8 Å². The molecular weight excluding hydrogens is 342 g/mol. The summed E-state index contributed by atoms with van der Waals surface area (Å²) < 4.78 is 1.86. The fourth-order valence-corrected chi connectivity index (χ4v) is 4.17. The van der Waals surface area contributed by atoms with Crippen molar-refractivity contribution in [2.75, 3.05) is 31.1 Å². The van der Waals surface area contributed by atoms with Crippen molar-refractivity contribution in [2.24, 2.45) is 11.8 Å². The van der Waals surface area contributed by atoms with Gasteiger partial charge < -0.3 is 15.1 Å². The van der Waals surface area contributed by atoms with Gasteiger partial charge in [-0.1, -0.05) is 0 Å². The molecule has 4 heterocycles. The largest absolute Gasteiger partial charge is 0.356 e. The van der Waals surface area contributed by atoms with Crippen molar-refractivity contribution in [2.45, 2.75) is 33.7 Å². The zero-order valence-corrected chi connectivity index (χ0v) is 16.4. The van der Waals surface area contributed by atoms with E-state index in [1.54, 1.807) is 6.33 Å². The van der Waals surface area contributed by atoms with E-state index < -0.39 is 0 Å². The molecule has 2 unspecified atom stereocenters. The van der Waals surface area contributed by atoms with Gasteiger partial charge in [0.1, 0.15) is 12.1 Å². The molecule has 4 rings (SSSR count). The van der Waals surface area contributed by atoms with Gasteiger partial charge in [-0.25, -0.2) is 19.4 Å². The van der Waals surface area contributed by atoms with Gasteiger partial charge >= 0.3 is 6.03 Å². The van der Waals surface area contributed by atoms with E-state index in [0.29, 0.717) is 11.8 Å². The molecule has 0 bridgehead atoms. The fourth-order valence-electron chi connectivity index (χ4n) is 4.17. The zero-order valence-electron chi connectivity index (χ0n) is 16.4. The van der Waals surface area contributed by atoms with Crippen molar-refractivity contribution >= 4 is 11.8 Å². The summed E-state index contributed by atoms with van der Waals surface area (Å²) in [5.41, 5.74) is 2.03. The highest BCUT2D eigenvalue weighted by atomic mass is 16.2. The highest BCUT2D eigenvalue weighted by Crippen LogP contribution is 2.33. The maximum absolute atomic E-state index is 12.2. The van der Waals surface area contributed by atoms with Crippen molar-refractivity contribution in [3.05, 3.63) is 29.8 Å². The van der Waals surface area contributed by atoms with Crippen molar-refractivity contribution in [1.29, 1.82) is 0 Å². The molecule has 0 radical (unpaired) electrons. The summed E-state index contributed by atoms with van der Waals surface area (Å²) in [5.74, 6) is 2.71. The van der Waals surface area contributed by atoms with E-state index in [1.165, 1.54) is 0 Å². The molecule has 2 saturated heterocycles. The predicted octanol–water partition coefficient (Wildman–Crippen LogP) is 1.77. The third-order valence-electron chi connectivity index (χ3n) is 5.37. The number of carbonyl (C=O) groups is 1. The summed E-state index contributed by atoms with van der Waals surface area (Å²) in [6, 6.07) is 4.27. The molecule has 8 heteroatoms. The van der Waals surface area contributed by atoms with Gasteiger partial charge in [-0.05, 0) is 33.8 Å². The number of aryl methyl sites for hydroxylation is 2. The third kappa shape index (κ3) is 3.48. The minimum atomic E-state index is 0.0554. The van der Waals surface area contributed by atoms with Crippen LogP contribution in [-0.2, 0) is 0 Å². The van der Waals surface area contributed by atoms with Crippen LogP contribution in [0.4, 0.5) is 10.6 Å². The minimum Gasteiger partial charge on any atom is -0.356 e. The molecular formula is C19H27N7O. The molecule has 2 fully saturated rings. The maximum Gasteiger partial charge on any atom is 0.317 e. The first-order valence-electron chi connectivity index (χ1n) is 9.57. The number of hydrogen-bond acceptors (Lipinski definition) is 5. The van der Waals surface area contributed by atoms with E-state index in [2.05, 4.69) is 25.3 Å². The van der Waals surface area contributed by atoms with Gasteiger partial charge in [-0.15, -0.1) is 0 Å². The number of nitrogens with zero attached hydrogens (tertiary/aromatic N) is 6. The van der Waals surface area contributed by atoms with Crippen LogP contribution in [0.2, 0.25) is 0 Å². The number of likely N-dealkylation sites (tertiary alicyclic amines) is 1. The Labute approximate surface area is 159 Å². The highest BCUT2D eigenvalue weighted by Gasteiger charge is 2.42. The Morgan fingerprint density at radius 1 is 1.07 bits per heavy atom. The number of aromatic nitrogens is 4. The molecule has 2 aromatic rings. The van der Waals surface area contributed by atoms with Crippen LogP contribution >= 0.6 is 0 Å². The first kappa shape index (κ1) is 17.8. The lowest BCUT2D eigenvalue weighted by Gasteiger charge is -2.23. The first-order chi connectivity index (χ1) is 12.9. The summed E-state index contributed by atoms with van der Waals surface area (Å²) in [4.78, 5) is 25.4. The molecule has 0 aromatic carbocycles. The van der Waals surface area contributed by atoms with Gasteiger partial charge in [0.05, 0.1) is 5.69 Å². The Hall–Kier alpha value is -2.64. The van der Waals surface area contributed by atoms with E-state index in [1.807, 2.05) is 49.4 Å². The second kappa shape index (κ2) is 6.83. The maximum atomic E-state index is 12.2. The highest BCUT2D eigenvalue weighted by molar-refractivity contribution is 5.75. The monoisotopic (exact) mass is 369 g/mol. The summed E-state index contributed by atoms with van der Waals surface area (Å²) in [7, 11) is 0. The Bertz CT molecular complexity index is 832. The van der Waals surface area contributed by atoms with Crippen LogP contribution in [0.25, 0.3) is 5.82 Å². The van der Waals surface area contributed by atoms with Crippen LogP contribution < -0.4 is 10.2 Å². The van der Waals surface area contributed by atoms with Crippen LogP contribution in [0.5, 0.6) is 0 Å². The summed E-state index contributed by atoms with van der Waals surface area (Å²) in [6.07, 6.45) is 1.61. The zero-order chi connectivity index (χ0) is 19.1. The summed E-state index contributed by atoms with van der Waals surface area (Å²) >= 11 is 0. The average Bonchev–Trinajstić information content (AvgIpc) is 3.27. The molecule has 8 nitrogen and oxygen atoms in total. The first-order valence-corrected chi connectivity index (χ1v) is 9.57. The van der Waals surface area contributed by atoms with Gasteiger partial charge in [-0.3, -0.25) is 0 Å². The molecule has 1 N–H and O–H groups in total. The second-order valence-corrected chi connectivity index (χ2v) is 8.01. The lowest BCUT2D eigenvalue weighted by Crippen LogP contribution is -2.43. The lowest BCUT2D eigenvalue weighted by atomic mass is 10.0. The van der Waals surface area contributed by atoms with Crippen LogP contribution in [0, 0.1) is 25.7 Å². The van der Waals surface area contributed by atoms with Gasteiger partial charge in [-0.2, -0.15) is 5.10 Å². The summed E-state index contributed by atoms with van der Waals surface area (Å²) in [5, 5.41) is 7.51. The molecule has 0 aliphatic carbocycles. The SMILES string of the molecule is Cc1cc(C)n(-c2cc(N3CC4CN(C(=O)NC(C)C)CC4C3)ncn2)n1. The van der Waals surface area contributed by atoms with E-state index in [9.17, 15) is 4.79 Å². The van der Waals surface area contributed by atoms with Crippen molar-refractivity contribution in [3.8, 4) is 5.82 Å². The molecule has 2 aliphatic rings. The van der Waals surface area contributed by atoms with Gasteiger partial charge in [0.25, 0.3) is 0 Å². The third-order valence-corrected chi connectivity index (χ3v) is 5.37. The number of hydrogen-bond donors (Lipinski definition) is 1. The van der Waals surface area contributed by atoms with Crippen molar-refractivity contribution < 1.29 is 4.79 Å². The molecule has 2 amide bonds. The number of amides is 2. The summed E-state index contributed by atoms with van der Waals surface area (Å²) in [6.45, 7) is 11.5. The van der Waals surface area contributed by atoms with E-state index in [-0.39, 0.29) is 12.1 Å². The van der Waals surface area contributed by atoms with Crippen molar-refractivity contribution in [1.82, 2.24) is 30.0 Å². The number of anilines is 1. The van der Waals surface area contributed by atoms with E-state index >= 15 is 0 Å². The van der Waals surface area contributed by atoms with Gasteiger partial charge in [0.2, 0.25) is 0 Å². The fraction of sp³-hybridized carbons (Fsp3) is 0.579. The topological polar surface area (TPSA) is 79.2 Å². The van der Waals surface area contributed by atoms with Crippen LogP contribution in [-0.4, -0.2) is 62.9 Å². The second-order valence-electron chi connectivity index (χ2n) is 8.01. The Morgan fingerprint density at radius 2 is 1.74 bits per heavy atom. The Morgan fingerprint density at radius 3 is 2.33 bits per heavy atom. The minimum absolute atomic E-state index is 0.0554. The molecule has 144 valence electrons. The normalized spacial score (nSPS) is 21.8. The molecule has 27 heavy (non-hydrogen) atoms. The Balaban J connectivity index is 1.45. The molecule has 2 aliphatic heterocycles.